The minimum Gasteiger partial charge on any atom is -0.367 e. The Balaban J connectivity index is 2.82. The molecule has 0 amide bonds. The number of hydrogen-bond acceptors (Lipinski definition) is 4. The maximum Gasteiger partial charge on any atom is 0.384 e. The average molecular weight is 116 g/mol. The van der Waals surface area contributed by atoms with Crippen LogP contribution in [0.3, 0.4) is 0 Å². The molecule has 0 aromatic carbocycles. The first-order valence-electron chi connectivity index (χ1n) is 2.06. The Morgan fingerprint density at radius 3 is 2.75 bits per heavy atom. The molecule has 0 fully saturated rings. The number of rotatable bonds is 4. The van der Waals surface area contributed by atoms with E-state index in [1.54, 1.807) is 0 Å². The number of nitrogens with one attached hydrogen (secondary N) is 2. The highest BCUT2D eigenvalue weighted by molar-refractivity contribution is 6.46. The van der Waals surface area contributed by atoms with E-state index in [0.717, 1.165) is 0 Å². The highest BCUT2D eigenvalue weighted by Crippen LogP contribution is 1.47. The summed E-state index contributed by atoms with van der Waals surface area (Å²) in [6.45, 7) is 0. The zero-order valence-corrected chi connectivity index (χ0v) is 4.26. The van der Waals surface area contributed by atoms with Gasteiger partial charge in [0.1, 0.15) is 5.03 Å². The standard InChI is InChI=1S/B2H6N4O2/c3-1-4-2-5-6(7)8/h1-2,4-5H,3H2. The second-order valence-electron chi connectivity index (χ2n) is 1.05. The van der Waals surface area contributed by atoms with Crippen molar-refractivity contribution in [1.82, 2.24) is 10.5 Å². The van der Waals surface area contributed by atoms with Crippen molar-refractivity contribution in [1.29, 1.82) is 0 Å². The Morgan fingerprint density at radius 2 is 2.38 bits per heavy atom. The van der Waals surface area contributed by atoms with Gasteiger partial charge in [0.2, 0.25) is 0 Å². The molecule has 6 nitrogen and oxygen atoms in total. The Kier molecular flexibility index (Phi) is 4.00. The van der Waals surface area contributed by atoms with E-state index < -0.39 is 5.03 Å². The van der Waals surface area contributed by atoms with Crippen LogP contribution in [0.1, 0.15) is 0 Å². The van der Waals surface area contributed by atoms with E-state index in [4.69, 9.17) is 5.64 Å². The van der Waals surface area contributed by atoms with Crippen molar-refractivity contribution in [2.45, 2.75) is 0 Å². The molecule has 0 saturated heterocycles. The minimum atomic E-state index is -0.636. The molecule has 8 heavy (non-hydrogen) atoms. The molecule has 44 valence electrons. The van der Waals surface area contributed by atoms with Crippen LogP contribution in [0.4, 0.5) is 0 Å². The van der Waals surface area contributed by atoms with Crippen LogP contribution in [0, 0.1) is 10.1 Å². The third kappa shape index (κ3) is 5.25. The SMILES string of the molecule is NBNBN[N+](=O)[O-]. The van der Waals surface area contributed by atoms with Gasteiger partial charge in [-0.25, -0.2) is 10.1 Å². The fourth-order valence-electron chi connectivity index (χ4n) is 0.193. The molecule has 0 rings (SSSR count). The van der Waals surface area contributed by atoms with Crippen LogP contribution < -0.4 is 16.1 Å². The molecule has 0 bridgehead atoms. The van der Waals surface area contributed by atoms with Crippen LogP contribution in [0.25, 0.3) is 0 Å². The molecule has 0 aliphatic rings. The highest BCUT2D eigenvalue weighted by Gasteiger charge is 1.92. The van der Waals surface area contributed by atoms with Gasteiger partial charge in [0.05, 0.1) is 0 Å². The summed E-state index contributed by atoms with van der Waals surface area (Å²) in [7, 11) is 0.338. The first-order valence-corrected chi connectivity index (χ1v) is 2.06. The van der Waals surface area contributed by atoms with E-state index in [1.165, 1.54) is 0 Å². The molecule has 0 heterocycles. The lowest BCUT2D eigenvalue weighted by atomic mass is 10.0. The second-order valence-corrected chi connectivity index (χ2v) is 1.05. The van der Waals surface area contributed by atoms with Gasteiger partial charge >= 0.3 is 7.55 Å². The summed E-state index contributed by atoms with van der Waals surface area (Å²) in [5.74, 6) is 0. The Bertz CT molecular complexity index is 74.4. The second kappa shape index (κ2) is 4.41. The molecular formula is H6B2N4O2. The molecule has 8 heteroatoms. The van der Waals surface area contributed by atoms with Gasteiger partial charge in [0.25, 0.3) is 7.55 Å². The van der Waals surface area contributed by atoms with Crippen molar-refractivity contribution < 1.29 is 5.03 Å². The van der Waals surface area contributed by atoms with Crippen LogP contribution in [-0.2, 0) is 0 Å². The summed E-state index contributed by atoms with van der Waals surface area (Å²) < 4.78 is 0. The molecule has 0 aliphatic heterocycles. The van der Waals surface area contributed by atoms with E-state index in [9.17, 15) is 10.1 Å². The van der Waals surface area contributed by atoms with Gasteiger partial charge in [-0.1, -0.05) is 0 Å². The zero-order chi connectivity index (χ0) is 6.41. The fraction of sp³-hybridized carbons (Fsp3) is 0. The van der Waals surface area contributed by atoms with Gasteiger partial charge in [-0.3, -0.25) is 0 Å². The third-order valence-electron chi connectivity index (χ3n) is 0.477. The molecule has 0 saturated carbocycles. The lowest BCUT2D eigenvalue weighted by Crippen LogP contribution is -2.41. The van der Waals surface area contributed by atoms with E-state index >= 15 is 0 Å². The van der Waals surface area contributed by atoms with Gasteiger partial charge in [-0.15, -0.1) is 0 Å². The summed E-state index contributed by atoms with van der Waals surface area (Å²) in [6, 6.07) is 0. The molecule has 0 spiro atoms. The predicted molar refractivity (Wildman–Crippen MR) is 31.8 cm³/mol. The largest absolute Gasteiger partial charge is 0.384 e. The zero-order valence-electron chi connectivity index (χ0n) is 4.26. The van der Waals surface area contributed by atoms with Crippen LogP contribution in [0.15, 0.2) is 0 Å². The fourth-order valence-corrected chi connectivity index (χ4v) is 0.193. The Labute approximate surface area is 47.5 Å². The van der Waals surface area contributed by atoms with Crippen LogP contribution >= 0.6 is 0 Å². The van der Waals surface area contributed by atoms with Gasteiger partial charge in [0, 0.05) is 0 Å². The summed E-state index contributed by atoms with van der Waals surface area (Å²) in [5.41, 5.74) is 4.94. The maximum absolute atomic E-state index is 9.49. The van der Waals surface area contributed by atoms with Crippen LogP contribution in [0.2, 0.25) is 0 Å². The average Bonchev–Trinajstić information content (AvgIpc) is 1.66. The Morgan fingerprint density at radius 1 is 1.75 bits per heavy atom. The Hall–Kier alpha value is -0.750. The maximum atomic E-state index is 9.49. The monoisotopic (exact) mass is 116 g/mol. The number of nitrogens with zero attached hydrogens (tertiary/aromatic N) is 1. The lowest BCUT2D eigenvalue weighted by molar-refractivity contribution is -0.521. The lowest BCUT2D eigenvalue weighted by Gasteiger charge is -1.91. The molecule has 4 N–H and O–H groups in total. The van der Waals surface area contributed by atoms with Crippen molar-refractivity contribution in [2.24, 2.45) is 5.64 Å². The van der Waals surface area contributed by atoms with Crippen LogP contribution in [0.5, 0.6) is 0 Å². The van der Waals surface area contributed by atoms with Crippen molar-refractivity contribution in [3.05, 3.63) is 10.1 Å². The first kappa shape index (κ1) is 7.25. The van der Waals surface area contributed by atoms with Gasteiger partial charge in [0.15, 0.2) is 0 Å². The quantitative estimate of drug-likeness (QED) is 0.156. The number of hydrogen-bond donors (Lipinski definition) is 3. The van der Waals surface area contributed by atoms with Gasteiger partial charge < -0.3 is 10.8 Å². The molecular weight excluding hydrogens is 110 g/mol. The summed E-state index contributed by atoms with van der Waals surface area (Å²) in [6.07, 6.45) is 0. The smallest absolute Gasteiger partial charge is 0.367 e. The van der Waals surface area contributed by atoms with E-state index in [1.807, 2.05) is 5.34 Å². The van der Waals surface area contributed by atoms with Crippen molar-refractivity contribution in [3.63, 3.8) is 0 Å². The molecule has 0 unspecified atom stereocenters. The summed E-state index contributed by atoms with van der Waals surface area (Å²) >= 11 is 0. The summed E-state index contributed by atoms with van der Waals surface area (Å²) in [4.78, 5) is 9.49. The number of nitrogens with two attached hydrogens (primary N) is 1. The summed E-state index contributed by atoms with van der Waals surface area (Å²) in [5, 5.41) is 13.2. The van der Waals surface area contributed by atoms with Crippen molar-refractivity contribution in [2.75, 3.05) is 0 Å². The van der Waals surface area contributed by atoms with E-state index in [-0.39, 0.29) is 15.1 Å². The minimum absolute atomic E-state index is 0.101. The molecule has 0 radical (unpaired) electrons. The van der Waals surface area contributed by atoms with Crippen LogP contribution in [-0.4, -0.2) is 20.1 Å². The van der Waals surface area contributed by atoms with Gasteiger partial charge in [-0.2, -0.15) is 5.34 Å². The number of hydrazine groups is 1. The molecule has 0 atom stereocenters. The first-order chi connectivity index (χ1) is 3.77. The third-order valence-corrected chi connectivity index (χ3v) is 0.477. The van der Waals surface area contributed by atoms with Crippen molar-refractivity contribution in [3.8, 4) is 0 Å². The molecule has 0 aromatic heterocycles. The van der Waals surface area contributed by atoms with E-state index in [0.29, 0.717) is 0 Å². The molecule has 0 aromatic rings. The topological polar surface area (TPSA) is 93.2 Å². The molecule has 0 aliphatic carbocycles. The predicted octanol–water partition coefficient (Wildman–Crippen LogP) is -3.15. The van der Waals surface area contributed by atoms with Crippen molar-refractivity contribution >= 4 is 15.1 Å². The van der Waals surface area contributed by atoms with Gasteiger partial charge in [-0.05, 0) is 0 Å². The number of nitro groups is 1. The highest BCUT2D eigenvalue weighted by atomic mass is 16.7. The normalized spacial score (nSPS) is 7.62. The van der Waals surface area contributed by atoms with E-state index in [2.05, 4.69) is 5.14 Å².